The minimum absolute atomic E-state index is 0.0595. The Bertz CT molecular complexity index is 624. The van der Waals surface area contributed by atoms with Crippen LogP contribution in [0.1, 0.15) is 17.8 Å². The lowest BCUT2D eigenvalue weighted by Gasteiger charge is -2.35. The van der Waals surface area contributed by atoms with E-state index >= 15 is 0 Å². The Morgan fingerprint density at radius 3 is 3.05 bits per heavy atom. The van der Waals surface area contributed by atoms with Crippen molar-refractivity contribution in [2.45, 2.75) is 25.3 Å². The topological polar surface area (TPSA) is 54.3 Å². The third-order valence-corrected chi connectivity index (χ3v) is 4.92. The molecule has 118 valence electrons. The number of amides is 1. The van der Waals surface area contributed by atoms with E-state index in [9.17, 15) is 4.79 Å². The zero-order valence-corrected chi connectivity index (χ0v) is 13.8. The van der Waals surface area contributed by atoms with Crippen LogP contribution in [0, 0.1) is 0 Å². The molecule has 2 aromatic rings. The van der Waals surface area contributed by atoms with Gasteiger partial charge in [-0.05, 0) is 19.9 Å². The van der Waals surface area contributed by atoms with Crippen molar-refractivity contribution in [3.8, 4) is 0 Å². The summed E-state index contributed by atoms with van der Waals surface area (Å²) in [6.07, 6.45) is 6.51. The second kappa shape index (κ2) is 6.58. The largest absolute Gasteiger partial charge is 0.295 e. The zero-order chi connectivity index (χ0) is 15.5. The minimum atomic E-state index is -0.0595. The van der Waals surface area contributed by atoms with Crippen molar-refractivity contribution in [3.63, 3.8) is 0 Å². The van der Waals surface area contributed by atoms with E-state index in [0.717, 1.165) is 43.2 Å². The number of aryl methyl sites for hydroxylation is 1. The molecule has 0 radical (unpaired) electrons. The van der Waals surface area contributed by atoms with Crippen LogP contribution in [0.2, 0.25) is 0 Å². The molecule has 1 aliphatic rings. The number of carbonyl (C=O) groups excluding carboxylic acids is 1. The summed E-state index contributed by atoms with van der Waals surface area (Å²) >= 11 is 1.67. The van der Waals surface area contributed by atoms with E-state index in [1.807, 2.05) is 42.8 Å². The molecule has 22 heavy (non-hydrogen) atoms. The molecule has 7 heteroatoms. The van der Waals surface area contributed by atoms with Gasteiger partial charge in [0.2, 0.25) is 5.91 Å². The Labute approximate surface area is 134 Å². The van der Waals surface area contributed by atoms with Crippen LogP contribution >= 0.6 is 11.3 Å². The number of carbonyl (C=O) groups is 1. The van der Waals surface area contributed by atoms with Crippen LogP contribution in [0.4, 0.5) is 5.82 Å². The zero-order valence-electron chi connectivity index (χ0n) is 13.0. The van der Waals surface area contributed by atoms with Crippen LogP contribution in [0.25, 0.3) is 0 Å². The third-order valence-electron chi connectivity index (χ3n) is 4.08. The predicted octanol–water partition coefficient (Wildman–Crippen LogP) is 1.55. The fourth-order valence-electron chi connectivity index (χ4n) is 2.84. The van der Waals surface area contributed by atoms with Crippen molar-refractivity contribution in [1.29, 1.82) is 0 Å². The first kappa shape index (κ1) is 15.2. The average molecular weight is 319 g/mol. The number of nitrogens with zero attached hydrogens (tertiary/aromatic N) is 5. The van der Waals surface area contributed by atoms with Crippen molar-refractivity contribution in [2.24, 2.45) is 7.05 Å². The van der Waals surface area contributed by atoms with Crippen LogP contribution in [-0.2, 0) is 18.3 Å². The molecule has 1 saturated heterocycles. The van der Waals surface area contributed by atoms with E-state index < -0.39 is 0 Å². The van der Waals surface area contributed by atoms with Crippen molar-refractivity contribution in [2.75, 3.05) is 25.0 Å². The minimum Gasteiger partial charge on any atom is -0.295 e. The fourth-order valence-corrected chi connectivity index (χ4v) is 3.45. The van der Waals surface area contributed by atoms with Gasteiger partial charge in [0.05, 0.1) is 11.0 Å². The standard InChI is InChI=1S/C15H21N5OS/c1-18(9-6-14-16-7-11-22-14)12-4-3-8-20(15(12)21)13-5-10-19(2)17-13/h5,7,10-12H,3-4,6,8-9H2,1-2H3. The van der Waals surface area contributed by atoms with Crippen LogP contribution in [0.15, 0.2) is 23.8 Å². The normalized spacial score (nSPS) is 19.1. The Kier molecular flexibility index (Phi) is 4.54. The Morgan fingerprint density at radius 1 is 1.50 bits per heavy atom. The van der Waals surface area contributed by atoms with Gasteiger partial charge in [0.25, 0.3) is 0 Å². The summed E-state index contributed by atoms with van der Waals surface area (Å²) in [5, 5.41) is 7.47. The van der Waals surface area contributed by atoms with E-state index in [4.69, 9.17) is 0 Å². The van der Waals surface area contributed by atoms with Gasteiger partial charge in [-0.1, -0.05) is 0 Å². The predicted molar refractivity (Wildman–Crippen MR) is 87.0 cm³/mol. The number of thiazole rings is 1. The van der Waals surface area contributed by atoms with Gasteiger partial charge in [0.1, 0.15) is 0 Å². The SMILES string of the molecule is CN(CCc1nccs1)C1CCCN(c2ccn(C)n2)C1=O. The average Bonchev–Trinajstić information content (AvgIpc) is 3.16. The van der Waals surface area contributed by atoms with Crippen molar-refractivity contribution in [3.05, 3.63) is 28.8 Å². The molecular weight excluding hydrogens is 298 g/mol. The fraction of sp³-hybridized carbons (Fsp3) is 0.533. The van der Waals surface area contributed by atoms with Crippen LogP contribution in [0.5, 0.6) is 0 Å². The summed E-state index contributed by atoms with van der Waals surface area (Å²) in [5.41, 5.74) is 0. The second-order valence-corrected chi connectivity index (χ2v) is 6.63. The summed E-state index contributed by atoms with van der Waals surface area (Å²) in [6, 6.07) is 1.84. The van der Waals surface area contributed by atoms with Gasteiger partial charge in [-0.25, -0.2) is 4.98 Å². The number of anilines is 1. The van der Waals surface area contributed by atoms with Gasteiger partial charge < -0.3 is 0 Å². The molecule has 0 spiro atoms. The van der Waals surface area contributed by atoms with E-state index in [1.54, 1.807) is 16.0 Å². The molecule has 1 atom stereocenters. The molecule has 3 heterocycles. The van der Waals surface area contributed by atoms with Gasteiger partial charge in [0, 0.05) is 50.4 Å². The van der Waals surface area contributed by atoms with Crippen LogP contribution < -0.4 is 4.90 Å². The monoisotopic (exact) mass is 319 g/mol. The molecule has 1 amide bonds. The molecule has 1 unspecified atom stereocenters. The van der Waals surface area contributed by atoms with Gasteiger partial charge in [0.15, 0.2) is 5.82 Å². The lowest BCUT2D eigenvalue weighted by Crippen LogP contribution is -2.52. The van der Waals surface area contributed by atoms with E-state index in [1.165, 1.54) is 0 Å². The molecular formula is C15H21N5OS. The first-order chi connectivity index (χ1) is 10.6. The maximum atomic E-state index is 12.8. The van der Waals surface area contributed by atoms with Crippen molar-refractivity contribution < 1.29 is 4.79 Å². The lowest BCUT2D eigenvalue weighted by atomic mass is 10.0. The van der Waals surface area contributed by atoms with Crippen molar-refractivity contribution >= 4 is 23.1 Å². The molecule has 0 saturated carbocycles. The maximum Gasteiger partial charge on any atom is 0.245 e. The quantitative estimate of drug-likeness (QED) is 0.839. The summed E-state index contributed by atoms with van der Waals surface area (Å²) in [7, 11) is 3.90. The van der Waals surface area contributed by atoms with Crippen molar-refractivity contribution in [1.82, 2.24) is 19.7 Å². The molecule has 0 aliphatic carbocycles. The van der Waals surface area contributed by atoms with Gasteiger partial charge >= 0.3 is 0 Å². The molecule has 0 aromatic carbocycles. The summed E-state index contributed by atoms with van der Waals surface area (Å²) in [5.74, 6) is 0.914. The number of piperidine rings is 1. The lowest BCUT2D eigenvalue weighted by molar-refractivity contribution is -0.124. The first-order valence-corrected chi connectivity index (χ1v) is 8.43. The maximum absolute atomic E-state index is 12.8. The highest BCUT2D eigenvalue weighted by Gasteiger charge is 2.33. The number of likely N-dealkylation sites (N-methyl/N-ethyl adjacent to an activating group) is 1. The summed E-state index contributed by atoms with van der Waals surface area (Å²) in [4.78, 5) is 21.0. The molecule has 0 bridgehead atoms. The number of rotatable bonds is 5. The Hall–Kier alpha value is -1.73. The van der Waals surface area contributed by atoms with E-state index in [0.29, 0.717) is 0 Å². The highest BCUT2D eigenvalue weighted by molar-refractivity contribution is 7.09. The molecule has 3 rings (SSSR count). The molecule has 1 fully saturated rings. The third kappa shape index (κ3) is 3.20. The number of hydrogen-bond donors (Lipinski definition) is 0. The van der Waals surface area contributed by atoms with E-state index in [2.05, 4.69) is 15.0 Å². The highest BCUT2D eigenvalue weighted by Crippen LogP contribution is 2.22. The van der Waals surface area contributed by atoms with Gasteiger partial charge in [-0.2, -0.15) is 5.10 Å². The van der Waals surface area contributed by atoms with Crippen LogP contribution in [-0.4, -0.2) is 51.8 Å². The smallest absolute Gasteiger partial charge is 0.245 e. The molecule has 1 aliphatic heterocycles. The number of hydrogen-bond acceptors (Lipinski definition) is 5. The Balaban J connectivity index is 1.64. The number of aromatic nitrogens is 3. The highest BCUT2D eigenvalue weighted by atomic mass is 32.1. The summed E-state index contributed by atoms with van der Waals surface area (Å²) in [6.45, 7) is 1.60. The van der Waals surface area contributed by atoms with Gasteiger partial charge in [-0.15, -0.1) is 11.3 Å². The molecule has 2 aromatic heterocycles. The molecule has 0 N–H and O–H groups in total. The second-order valence-electron chi connectivity index (χ2n) is 5.65. The van der Waals surface area contributed by atoms with Crippen LogP contribution in [0.3, 0.4) is 0 Å². The van der Waals surface area contributed by atoms with Gasteiger partial charge in [-0.3, -0.25) is 19.3 Å². The summed E-state index contributed by atoms with van der Waals surface area (Å²) < 4.78 is 1.73. The molecule has 6 nitrogen and oxygen atoms in total. The first-order valence-electron chi connectivity index (χ1n) is 7.55. The van der Waals surface area contributed by atoms with E-state index in [-0.39, 0.29) is 11.9 Å². The Morgan fingerprint density at radius 2 is 2.36 bits per heavy atom.